The Labute approximate surface area is 105 Å². The average Bonchev–Trinajstić information content (AvgIpc) is 2.32. The maximum atomic E-state index is 11.9. The van der Waals surface area contributed by atoms with E-state index in [1.165, 1.54) is 0 Å². The Hall–Kier alpha value is -1.49. The van der Waals surface area contributed by atoms with E-state index in [4.69, 9.17) is 0 Å². The van der Waals surface area contributed by atoms with E-state index >= 15 is 0 Å². The van der Waals surface area contributed by atoms with E-state index in [0.29, 0.717) is 23.4 Å². The number of hydrogen-bond donors (Lipinski definition) is 3. The number of piperidine rings is 1. The Kier molecular flexibility index (Phi) is 3.68. The zero-order valence-corrected chi connectivity index (χ0v) is 10.2. The maximum absolute atomic E-state index is 11.9. The number of thiol groups is 1. The minimum atomic E-state index is -0.427. The van der Waals surface area contributed by atoms with Gasteiger partial charge in [-0.05, 0) is 25.0 Å². The molecule has 1 aromatic carbocycles. The van der Waals surface area contributed by atoms with Crippen LogP contribution >= 0.6 is 12.6 Å². The third kappa shape index (κ3) is 2.79. The maximum Gasteiger partial charge on any atom is 0.253 e. The highest BCUT2D eigenvalue weighted by Gasteiger charge is 2.24. The first-order chi connectivity index (χ1) is 8.18. The van der Waals surface area contributed by atoms with Crippen molar-refractivity contribution >= 4 is 24.4 Å². The first-order valence-electron chi connectivity index (χ1n) is 5.55. The molecule has 0 spiro atoms. The summed E-state index contributed by atoms with van der Waals surface area (Å²) < 4.78 is 0. The van der Waals surface area contributed by atoms with Gasteiger partial charge < -0.3 is 10.6 Å². The predicted octanol–water partition coefficient (Wildman–Crippen LogP) is 0.984. The first kappa shape index (κ1) is 12.0. The second-order valence-electron chi connectivity index (χ2n) is 3.98. The molecule has 0 radical (unpaired) electrons. The van der Waals surface area contributed by atoms with Crippen molar-refractivity contribution in [1.82, 2.24) is 10.6 Å². The monoisotopic (exact) mass is 250 g/mol. The average molecular weight is 250 g/mol. The zero-order chi connectivity index (χ0) is 12.3. The van der Waals surface area contributed by atoms with Crippen LogP contribution in [0.3, 0.4) is 0 Å². The van der Waals surface area contributed by atoms with Crippen molar-refractivity contribution in [2.75, 3.05) is 6.54 Å². The highest BCUT2D eigenvalue weighted by molar-refractivity contribution is 7.80. The summed E-state index contributed by atoms with van der Waals surface area (Å²) in [6, 6.07) is 6.60. The highest BCUT2D eigenvalue weighted by Crippen LogP contribution is 2.13. The van der Waals surface area contributed by atoms with Crippen LogP contribution in [0.4, 0.5) is 0 Å². The fourth-order valence-corrected chi connectivity index (χ4v) is 2.07. The molecule has 0 aliphatic carbocycles. The van der Waals surface area contributed by atoms with Crippen LogP contribution in [-0.2, 0) is 4.79 Å². The number of carbonyl (C=O) groups excluding carboxylic acids is 2. The summed E-state index contributed by atoms with van der Waals surface area (Å²) >= 11 is 4.22. The van der Waals surface area contributed by atoms with E-state index in [-0.39, 0.29) is 11.8 Å². The summed E-state index contributed by atoms with van der Waals surface area (Å²) in [4.78, 5) is 24.1. The third-order valence-corrected chi connectivity index (χ3v) is 3.13. The molecule has 17 heavy (non-hydrogen) atoms. The Morgan fingerprint density at radius 2 is 2.18 bits per heavy atom. The van der Waals surface area contributed by atoms with E-state index in [9.17, 15) is 9.59 Å². The van der Waals surface area contributed by atoms with Crippen LogP contribution in [0.5, 0.6) is 0 Å². The van der Waals surface area contributed by atoms with Gasteiger partial charge in [-0.3, -0.25) is 9.59 Å². The summed E-state index contributed by atoms with van der Waals surface area (Å²) in [7, 11) is 0. The molecule has 1 unspecified atom stereocenters. The minimum Gasteiger partial charge on any atom is -0.354 e. The normalized spacial score (nSPS) is 19.6. The number of rotatable bonds is 2. The van der Waals surface area contributed by atoms with Crippen molar-refractivity contribution < 1.29 is 9.59 Å². The van der Waals surface area contributed by atoms with Crippen LogP contribution in [0, 0.1) is 0 Å². The standard InChI is InChI=1S/C12H14N2O2S/c15-11(8-4-1-2-6-10(8)17)14-9-5-3-7-13-12(9)16/h1-2,4,6,9,17H,3,5,7H2,(H,13,16)(H,14,15). The number of amides is 2. The summed E-state index contributed by atoms with van der Waals surface area (Å²) in [6.45, 7) is 0.689. The van der Waals surface area contributed by atoms with Gasteiger partial charge in [-0.25, -0.2) is 0 Å². The van der Waals surface area contributed by atoms with E-state index in [2.05, 4.69) is 23.3 Å². The molecule has 0 saturated carbocycles. The number of benzene rings is 1. The van der Waals surface area contributed by atoms with Gasteiger partial charge in [-0.2, -0.15) is 0 Å². The summed E-state index contributed by atoms with van der Waals surface area (Å²) in [5.74, 6) is -0.362. The molecule has 1 aromatic rings. The van der Waals surface area contributed by atoms with Crippen molar-refractivity contribution in [2.24, 2.45) is 0 Å². The Morgan fingerprint density at radius 1 is 1.41 bits per heavy atom. The van der Waals surface area contributed by atoms with Crippen molar-refractivity contribution in [1.29, 1.82) is 0 Å². The molecule has 1 heterocycles. The quantitative estimate of drug-likeness (QED) is 0.685. The van der Waals surface area contributed by atoms with Gasteiger partial charge >= 0.3 is 0 Å². The smallest absolute Gasteiger partial charge is 0.253 e. The number of hydrogen-bond acceptors (Lipinski definition) is 3. The first-order valence-corrected chi connectivity index (χ1v) is 6.00. The molecule has 1 saturated heterocycles. The number of nitrogens with one attached hydrogen (secondary N) is 2. The lowest BCUT2D eigenvalue weighted by molar-refractivity contribution is -0.124. The third-order valence-electron chi connectivity index (χ3n) is 2.74. The van der Waals surface area contributed by atoms with Gasteiger partial charge in [0.2, 0.25) is 5.91 Å². The van der Waals surface area contributed by atoms with Crippen LogP contribution in [0.25, 0.3) is 0 Å². The Morgan fingerprint density at radius 3 is 2.88 bits per heavy atom. The topological polar surface area (TPSA) is 58.2 Å². The Bertz CT molecular complexity index is 448. The highest BCUT2D eigenvalue weighted by atomic mass is 32.1. The van der Waals surface area contributed by atoms with E-state index in [1.54, 1.807) is 18.2 Å². The molecular weight excluding hydrogens is 236 g/mol. The molecule has 1 aliphatic heterocycles. The minimum absolute atomic E-state index is 0.110. The zero-order valence-electron chi connectivity index (χ0n) is 9.27. The summed E-state index contributed by atoms with van der Waals surface area (Å²) in [6.07, 6.45) is 1.57. The lowest BCUT2D eigenvalue weighted by atomic mass is 10.1. The molecule has 2 amide bonds. The van der Waals surface area contributed by atoms with Crippen LogP contribution < -0.4 is 10.6 Å². The fourth-order valence-electron chi connectivity index (χ4n) is 1.81. The van der Waals surface area contributed by atoms with Gasteiger partial charge in [-0.1, -0.05) is 12.1 Å². The molecule has 1 aliphatic rings. The lowest BCUT2D eigenvalue weighted by Crippen LogP contribution is -2.50. The second-order valence-corrected chi connectivity index (χ2v) is 4.46. The van der Waals surface area contributed by atoms with E-state index in [1.807, 2.05) is 6.07 Å². The largest absolute Gasteiger partial charge is 0.354 e. The van der Waals surface area contributed by atoms with Crippen LogP contribution in [0.1, 0.15) is 23.2 Å². The predicted molar refractivity (Wildman–Crippen MR) is 67.2 cm³/mol. The van der Waals surface area contributed by atoms with Gasteiger partial charge in [0.1, 0.15) is 6.04 Å². The second kappa shape index (κ2) is 5.23. The molecule has 2 rings (SSSR count). The van der Waals surface area contributed by atoms with Crippen molar-refractivity contribution in [3.05, 3.63) is 29.8 Å². The van der Waals surface area contributed by atoms with Crippen molar-refractivity contribution in [3.63, 3.8) is 0 Å². The van der Waals surface area contributed by atoms with Gasteiger partial charge in [0, 0.05) is 11.4 Å². The van der Waals surface area contributed by atoms with Crippen LogP contribution in [-0.4, -0.2) is 24.4 Å². The van der Waals surface area contributed by atoms with Gasteiger partial charge in [-0.15, -0.1) is 12.6 Å². The van der Waals surface area contributed by atoms with Gasteiger partial charge in [0.15, 0.2) is 0 Å². The number of carbonyl (C=O) groups is 2. The van der Waals surface area contributed by atoms with Crippen molar-refractivity contribution in [2.45, 2.75) is 23.8 Å². The molecule has 2 N–H and O–H groups in total. The van der Waals surface area contributed by atoms with Crippen LogP contribution in [0.2, 0.25) is 0 Å². The van der Waals surface area contributed by atoms with Gasteiger partial charge in [0.05, 0.1) is 5.56 Å². The molecule has 5 heteroatoms. The molecule has 0 bridgehead atoms. The van der Waals surface area contributed by atoms with Gasteiger partial charge in [0.25, 0.3) is 5.91 Å². The SMILES string of the molecule is O=C(NC1CCCNC1=O)c1ccccc1S. The summed E-state index contributed by atoms with van der Waals surface area (Å²) in [5, 5.41) is 5.46. The van der Waals surface area contributed by atoms with E-state index < -0.39 is 6.04 Å². The van der Waals surface area contributed by atoms with Crippen molar-refractivity contribution in [3.8, 4) is 0 Å². The van der Waals surface area contributed by atoms with Crippen LogP contribution in [0.15, 0.2) is 29.2 Å². The molecular formula is C12H14N2O2S. The fraction of sp³-hybridized carbons (Fsp3) is 0.333. The summed E-state index contributed by atoms with van der Waals surface area (Å²) in [5.41, 5.74) is 0.495. The molecule has 0 aromatic heterocycles. The molecule has 90 valence electrons. The molecule has 4 nitrogen and oxygen atoms in total. The Balaban J connectivity index is 2.06. The van der Waals surface area contributed by atoms with E-state index in [0.717, 1.165) is 6.42 Å². The molecule has 1 fully saturated rings. The molecule has 1 atom stereocenters. The lowest BCUT2D eigenvalue weighted by Gasteiger charge is -2.22.